The third kappa shape index (κ3) is 5.12. The first-order chi connectivity index (χ1) is 17.2. The Balaban J connectivity index is 1.32. The Morgan fingerprint density at radius 2 is 1.92 bits per heavy atom. The van der Waals surface area contributed by atoms with Crippen LogP contribution in [0.4, 0.5) is 10.5 Å². The monoisotopic (exact) mass is 527 g/mol. The molecule has 3 heterocycles. The fourth-order valence-corrected chi connectivity index (χ4v) is 5.31. The maximum atomic E-state index is 13.1. The zero-order valence-corrected chi connectivity index (χ0v) is 21.8. The van der Waals surface area contributed by atoms with Gasteiger partial charge in [0.25, 0.3) is 5.91 Å². The first kappa shape index (κ1) is 24.4. The van der Waals surface area contributed by atoms with Gasteiger partial charge in [-0.3, -0.25) is 4.79 Å². The lowest BCUT2D eigenvalue weighted by molar-refractivity contribution is 0.0225. The molecule has 2 aliphatic heterocycles. The summed E-state index contributed by atoms with van der Waals surface area (Å²) in [4.78, 5) is 32.6. The van der Waals surface area contributed by atoms with E-state index in [1.165, 1.54) is 11.3 Å². The van der Waals surface area contributed by atoms with Gasteiger partial charge in [-0.15, -0.1) is 11.3 Å². The molecular weight excluding hydrogens is 502 g/mol. The van der Waals surface area contributed by atoms with Gasteiger partial charge in [-0.25, -0.2) is 9.78 Å². The number of halogens is 1. The molecule has 8 nitrogen and oxygen atoms in total. The lowest BCUT2D eigenvalue weighted by Gasteiger charge is -2.29. The Morgan fingerprint density at radius 1 is 1.14 bits per heavy atom. The second-order valence-electron chi connectivity index (χ2n) is 9.52. The van der Waals surface area contributed by atoms with Crippen molar-refractivity contribution in [2.24, 2.45) is 0 Å². The SMILES string of the molecule is CC(C)(C)OC(=O)N1CCc2nc(C(=O)Nc3cccc(-c4ccc5c(c4)OCCO5)c3Cl)sc2C1. The Kier molecular flexibility index (Phi) is 6.53. The van der Waals surface area contributed by atoms with Crippen molar-refractivity contribution in [3.8, 4) is 22.6 Å². The third-order valence-corrected chi connectivity index (χ3v) is 7.17. The van der Waals surface area contributed by atoms with E-state index in [1.807, 2.05) is 51.1 Å². The number of thiazole rings is 1. The highest BCUT2D eigenvalue weighted by atomic mass is 35.5. The minimum atomic E-state index is -0.566. The molecular formula is C26H26ClN3O5S. The largest absolute Gasteiger partial charge is 0.486 e. The van der Waals surface area contributed by atoms with Crippen molar-refractivity contribution in [1.82, 2.24) is 9.88 Å². The number of carbonyl (C=O) groups excluding carboxylic acids is 2. The Labute approximate surface area is 218 Å². The van der Waals surface area contributed by atoms with E-state index < -0.39 is 5.60 Å². The van der Waals surface area contributed by atoms with Crippen molar-refractivity contribution in [2.75, 3.05) is 25.1 Å². The van der Waals surface area contributed by atoms with Crippen LogP contribution in [0.3, 0.4) is 0 Å². The number of carbonyl (C=O) groups is 2. The normalized spacial score (nSPS) is 14.7. The summed E-state index contributed by atoms with van der Waals surface area (Å²) in [5.74, 6) is 1.01. The predicted molar refractivity (Wildman–Crippen MR) is 138 cm³/mol. The van der Waals surface area contributed by atoms with Gasteiger partial charge in [-0.2, -0.15) is 0 Å². The molecule has 2 amide bonds. The summed E-state index contributed by atoms with van der Waals surface area (Å²) in [6.45, 7) is 7.39. The Morgan fingerprint density at radius 3 is 2.69 bits per heavy atom. The van der Waals surface area contributed by atoms with Gasteiger partial charge in [0.1, 0.15) is 18.8 Å². The van der Waals surface area contributed by atoms with Crippen LogP contribution < -0.4 is 14.8 Å². The van der Waals surface area contributed by atoms with E-state index in [9.17, 15) is 9.59 Å². The van der Waals surface area contributed by atoms with Gasteiger partial charge >= 0.3 is 6.09 Å². The number of nitrogens with one attached hydrogen (secondary N) is 1. The van der Waals surface area contributed by atoms with Crippen molar-refractivity contribution in [1.29, 1.82) is 0 Å². The van der Waals surface area contributed by atoms with E-state index in [0.717, 1.165) is 21.7 Å². The second kappa shape index (κ2) is 9.63. The third-order valence-electron chi connectivity index (χ3n) is 5.68. The van der Waals surface area contributed by atoms with Gasteiger partial charge in [-0.1, -0.05) is 29.8 Å². The molecule has 5 rings (SSSR count). The number of aromatic nitrogens is 1. The van der Waals surface area contributed by atoms with E-state index in [0.29, 0.717) is 59.9 Å². The lowest BCUT2D eigenvalue weighted by Crippen LogP contribution is -2.39. The molecule has 188 valence electrons. The highest BCUT2D eigenvalue weighted by Crippen LogP contribution is 2.39. The van der Waals surface area contributed by atoms with Gasteiger partial charge < -0.3 is 24.4 Å². The minimum Gasteiger partial charge on any atom is -0.486 e. The van der Waals surface area contributed by atoms with Crippen LogP contribution in [0.15, 0.2) is 36.4 Å². The van der Waals surface area contributed by atoms with E-state index in [-0.39, 0.29) is 12.0 Å². The Bertz CT molecular complexity index is 1330. The molecule has 0 saturated carbocycles. The van der Waals surface area contributed by atoms with E-state index in [1.54, 1.807) is 11.0 Å². The summed E-state index contributed by atoms with van der Waals surface area (Å²) >= 11 is 7.98. The van der Waals surface area contributed by atoms with Crippen LogP contribution in [-0.4, -0.2) is 47.2 Å². The molecule has 1 aromatic heterocycles. The van der Waals surface area contributed by atoms with Crippen molar-refractivity contribution >= 4 is 40.6 Å². The zero-order chi connectivity index (χ0) is 25.4. The maximum Gasteiger partial charge on any atom is 0.410 e. The van der Waals surface area contributed by atoms with Gasteiger partial charge in [0.05, 0.1) is 22.9 Å². The minimum absolute atomic E-state index is 0.326. The van der Waals surface area contributed by atoms with Crippen LogP contribution in [0.25, 0.3) is 11.1 Å². The molecule has 36 heavy (non-hydrogen) atoms. The summed E-state index contributed by atoms with van der Waals surface area (Å²) in [6.07, 6.45) is 0.203. The quantitative estimate of drug-likeness (QED) is 0.464. The first-order valence-electron chi connectivity index (χ1n) is 11.6. The standard InChI is InChI=1S/C26H26ClN3O5S/c1-26(2,3)35-25(32)30-10-9-17-21(14-30)36-24(29-17)23(31)28-18-6-4-5-16(22(18)27)15-7-8-19-20(13-15)34-12-11-33-19/h4-8,13H,9-12,14H2,1-3H3,(H,28,31). The van der Waals surface area contributed by atoms with E-state index >= 15 is 0 Å². The highest BCUT2D eigenvalue weighted by molar-refractivity contribution is 7.13. The lowest BCUT2D eigenvalue weighted by atomic mass is 10.0. The van der Waals surface area contributed by atoms with Crippen LogP contribution in [-0.2, 0) is 17.7 Å². The topological polar surface area (TPSA) is 90.0 Å². The number of fused-ring (bicyclic) bond motifs is 2. The molecule has 2 aromatic carbocycles. The molecule has 0 bridgehead atoms. The van der Waals surface area contributed by atoms with Gasteiger partial charge in [0, 0.05) is 23.4 Å². The number of nitrogens with zero attached hydrogens (tertiary/aromatic N) is 2. The van der Waals surface area contributed by atoms with Crippen LogP contribution in [0, 0.1) is 0 Å². The Hall–Kier alpha value is -3.30. The van der Waals surface area contributed by atoms with Crippen LogP contribution in [0.5, 0.6) is 11.5 Å². The molecule has 2 aliphatic rings. The van der Waals surface area contributed by atoms with Crippen LogP contribution >= 0.6 is 22.9 Å². The van der Waals surface area contributed by atoms with Crippen LogP contribution in [0.2, 0.25) is 5.02 Å². The molecule has 0 fully saturated rings. The molecule has 10 heteroatoms. The number of rotatable bonds is 3. The summed E-state index contributed by atoms with van der Waals surface area (Å²) in [5.41, 5.74) is 2.37. The molecule has 1 N–H and O–H groups in total. The van der Waals surface area contributed by atoms with Crippen molar-refractivity contribution < 1.29 is 23.8 Å². The molecule has 0 aliphatic carbocycles. The number of ether oxygens (including phenoxy) is 3. The molecule has 0 radical (unpaired) electrons. The molecule has 0 saturated heterocycles. The van der Waals surface area contributed by atoms with Crippen LogP contribution in [0.1, 0.15) is 41.1 Å². The second-order valence-corrected chi connectivity index (χ2v) is 11.0. The van der Waals surface area contributed by atoms with E-state index in [4.69, 9.17) is 25.8 Å². The number of hydrogen-bond donors (Lipinski definition) is 1. The highest BCUT2D eigenvalue weighted by Gasteiger charge is 2.29. The summed E-state index contributed by atoms with van der Waals surface area (Å²) in [7, 11) is 0. The summed E-state index contributed by atoms with van der Waals surface area (Å²) in [5, 5.41) is 3.63. The molecule has 0 unspecified atom stereocenters. The zero-order valence-electron chi connectivity index (χ0n) is 20.2. The fraction of sp³-hybridized carbons (Fsp3) is 0.346. The van der Waals surface area contributed by atoms with Crippen molar-refractivity contribution in [3.63, 3.8) is 0 Å². The molecule has 3 aromatic rings. The maximum absolute atomic E-state index is 13.1. The smallest absolute Gasteiger partial charge is 0.410 e. The van der Waals surface area contributed by atoms with Crippen molar-refractivity contribution in [3.05, 3.63) is 57.0 Å². The van der Waals surface area contributed by atoms with Gasteiger partial charge in [0.15, 0.2) is 16.5 Å². The summed E-state index contributed by atoms with van der Waals surface area (Å²) in [6, 6.07) is 11.1. The number of benzene rings is 2. The fourth-order valence-electron chi connectivity index (χ4n) is 4.01. The van der Waals surface area contributed by atoms with Gasteiger partial charge in [-0.05, 0) is 44.5 Å². The predicted octanol–water partition coefficient (Wildman–Crippen LogP) is 5.78. The average molecular weight is 528 g/mol. The number of amides is 2. The van der Waals surface area contributed by atoms with Gasteiger partial charge in [0.2, 0.25) is 0 Å². The number of hydrogen-bond acceptors (Lipinski definition) is 7. The van der Waals surface area contributed by atoms with Crippen molar-refractivity contribution in [2.45, 2.75) is 39.3 Å². The first-order valence-corrected chi connectivity index (χ1v) is 12.8. The van der Waals surface area contributed by atoms with E-state index in [2.05, 4.69) is 10.3 Å². The number of anilines is 1. The average Bonchev–Trinajstić information content (AvgIpc) is 3.28. The molecule has 0 spiro atoms. The summed E-state index contributed by atoms with van der Waals surface area (Å²) < 4.78 is 16.8. The molecule has 0 atom stereocenters.